The van der Waals surface area contributed by atoms with Crippen LogP contribution in [0.25, 0.3) is 0 Å². The minimum atomic E-state index is -3.08. The predicted octanol–water partition coefficient (Wildman–Crippen LogP) is -0.493. The SMILES string of the molecule is FC1=CC(F)(O[SiH3])C(F)(O[SiH3])[C]([Ti])=C1F. The van der Waals surface area contributed by atoms with E-state index in [1.807, 2.05) is 0 Å². The molecular weight excluding hydrogens is 284 g/mol. The first-order chi connectivity index (χ1) is 6.82. The Bertz CT molecular complexity index is 350. The molecule has 0 spiro atoms. The molecule has 1 aliphatic carbocycles. The zero-order valence-corrected chi connectivity index (χ0v) is 13.5. The molecule has 0 aromatic carbocycles. The molecule has 2 unspecified atom stereocenters. The van der Waals surface area contributed by atoms with Crippen LogP contribution in [0.1, 0.15) is 0 Å². The third-order valence-corrected chi connectivity index (χ3v) is 4.08. The van der Waals surface area contributed by atoms with E-state index in [-0.39, 0.29) is 27.0 Å². The first kappa shape index (κ1) is 13.3. The number of halogens is 4. The van der Waals surface area contributed by atoms with Crippen LogP contribution < -0.4 is 0 Å². The average Bonchev–Trinajstić information content (AvgIpc) is 2.23. The number of allylic oxidation sites excluding steroid dienone is 2. The van der Waals surface area contributed by atoms with Gasteiger partial charge in [0.1, 0.15) is 0 Å². The van der Waals surface area contributed by atoms with Gasteiger partial charge in [0.15, 0.2) is 0 Å². The molecule has 0 aliphatic heterocycles. The van der Waals surface area contributed by atoms with Crippen molar-refractivity contribution in [2.45, 2.75) is 11.7 Å². The fourth-order valence-corrected chi connectivity index (χ4v) is 2.98. The van der Waals surface area contributed by atoms with Crippen LogP contribution >= 0.6 is 0 Å². The van der Waals surface area contributed by atoms with Gasteiger partial charge in [0.2, 0.25) is 0 Å². The molecule has 9 heteroatoms. The molecule has 0 heterocycles. The van der Waals surface area contributed by atoms with Gasteiger partial charge < -0.3 is 0 Å². The Labute approximate surface area is 101 Å². The summed E-state index contributed by atoms with van der Waals surface area (Å²) in [6, 6.07) is 0. The maximum absolute atomic E-state index is 14.0. The molecule has 0 N–H and O–H groups in total. The van der Waals surface area contributed by atoms with Crippen LogP contribution in [0.5, 0.6) is 0 Å². The Morgan fingerprint density at radius 1 is 1.20 bits per heavy atom. The average molecular weight is 291 g/mol. The second-order valence-corrected chi connectivity index (χ2v) is 4.43. The van der Waals surface area contributed by atoms with Crippen molar-refractivity contribution in [3.63, 3.8) is 0 Å². The van der Waals surface area contributed by atoms with Crippen molar-refractivity contribution in [1.82, 2.24) is 0 Å². The number of hydrogen-bond acceptors (Lipinski definition) is 2. The zero-order valence-electron chi connectivity index (χ0n) is 7.91. The van der Waals surface area contributed by atoms with Crippen LogP contribution in [0.3, 0.4) is 0 Å². The predicted molar refractivity (Wildman–Crippen MR) is 47.1 cm³/mol. The van der Waals surface area contributed by atoms with E-state index in [1.54, 1.807) is 0 Å². The Kier molecular flexibility index (Phi) is 3.79. The van der Waals surface area contributed by atoms with Crippen LogP contribution in [-0.2, 0) is 29.3 Å². The van der Waals surface area contributed by atoms with Gasteiger partial charge in [-0.2, -0.15) is 0 Å². The zero-order chi connectivity index (χ0) is 11.9. The number of alkyl halides is 2. The van der Waals surface area contributed by atoms with Crippen LogP contribution in [0.15, 0.2) is 21.6 Å². The van der Waals surface area contributed by atoms with Crippen molar-refractivity contribution in [3.05, 3.63) is 21.6 Å². The van der Waals surface area contributed by atoms with E-state index in [1.165, 1.54) is 0 Å². The number of rotatable bonds is 2. The van der Waals surface area contributed by atoms with Crippen molar-refractivity contribution in [3.8, 4) is 0 Å². The fourth-order valence-electron chi connectivity index (χ4n) is 1.18. The molecule has 0 amide bonds. The van der Waals surface area contributed by atoms with Gasteiger partial charge in [-0.3, -0.25) is 0 Å². The molecule has 0 bridgehead atoms. The van der Waals surface area contributed by atoms with Gasteiger partial charge in [-0.15, -0.1) is 0 Å². The van der Waals surface area contributed by atoms with Crippen LogP contribution in [-0.4, -0.2) is 32.7 Å². The van der Waals surface area contributed by atoms with Gasteiger partial charge in [0.25, 0.3) is 0 Å². The fraction of sp³-hybridized carbons (Fsp3) is 0.333. The van der Waals surface area contributed by atoms with Crippen LogP contribution in [0.4, 0.5) is 17.6 Å². The van der Waals surface area contributed by atoms with Crippen molar-refractivity contribution < 1.29 is 46.8 Å². The Morgan fingerprint density at radius 3 is 2.13 bits per heavy atom. The van der Waals surface area contributed by atoms with E-state index in [2.05, 4.69) is 8.85 Å². The summed E-state index contributed by atoms with van der Waals surface area (Å²) in [6.45, 7) is 0. The molecule has 0 fully saturated rings. The summed E-state index contributed by atoms with van der Waals surface area (Å²) in [5, 5.41) is 0. The molecule has 1 rings (SSSR count). The van der Waals surface area contributed by atoms with E-state index in [0.717, 1.165) is 20.4 Å². The van der Waals surface area contributed by atoms with E-state index >= 15 is 0 Å². The molecule has 2 atom stereocenters. The summed E-state index contributed by atoms with van der Waals surface area (Å²) >= 11 is 0.925. The van der Waals surface area contributed by atoms with Crippen LogP contribution in [0.2, 0.25) is 0 Å². The molecule has 0 saturated carbocycles. The van der Waals surface area contributed by atoms with Crippen molar-refractivity contribution in [1.29, 1.82) is 0 Å². The van der Waals surface area contributed by atoms with Crippen molar-refractivity contribution in [2.24, 2.45) is 0 Å². The molecule has 0 aromatic rings. The normalized spacial score (nSPS) is 37.1. The van der Waals surface area contributed by atoms with E-state index in [0.29, 0.717) is 0 Å². The molecule has 1 aliphatic rings. The Morgan fingerprint density at radius 2 is 1.73 bits per heavy atom. The summed E-state index contributed by atoms with van der Waals surface area (Å²) in [7, 11) is -0.359. The topological polar surface area (TPSA) is 18.5 Å². The molecule has 2 nitrogen and oxygen atoms in total. The summed E-state index contributed by atoms with van der Waals surface area (Å²) in [5.41, 5.74) is 0. The Balaban J connectivity index is 3.37. The third-order valence-electron chi connectivity index (χ3n) is 2.08. The van der Waals surface area contributed by atoms with E-state index in [4.69, 9.17) is 0 Å². The van der Waals surface area contributed by atoms with Gasteiger partial charge in [-0.05, 0) is 0 Å². The maximum atomic E-state index is 14.0. The second-order valence-electron chi connectivity index (χ2n) is 2.83. The van der Waals surface area contributed by atoms with Crippen LogP contribution in [0, 0.1) is 0 Å². The third kappa shape index (κ3) is 1.83. The van der Waals surface area contributed by atoms with Gasteiger partial charge in [0, 0.05) is 0 Å². The molecule has 0 radical (unpaired) electrons. The van der Waals surface area contributed by atoms with Gasteiger partial charge >= 0.3 is 101 Å². The summed E-state index contributed by atoms with van der Waals surface area (Å²) in [4.78, 5) is 0. The van der Waals surface area contributed by atoms with E-state index in [9.17, 15) is 17.6 Å². The first-order valence-corrected chi connectivity index (χ1v) is 6.22. The quantitative estimate of drug-likeness (QED) is 0.505. The van der Waals surface area contributed by atoms with Gasteiger partial charge in [-0.1, -0.05) is 0 Å². The summed E-state index contributed by atoms with van der Waals surface area (Å²) < 4.78 is 61.8. The van der Waals surface area contributed by atoms with Crippen molar-refractivity contribution in [2.75, 3.05) is 0 Å². The first-order valence-electron chi connectivity index (χ1n) is 3.81. The molecular formula is C6H7F4O2Si2Ti. The molecule has 0 saturated heterocycles. The van der Waals surface area contributed by atoms with Gasteiger partial charge in [-0.25, -0.2) is 0 Å². The number of hydrogen-bond donors (Lipinski definition) is 0. The monoisotopic (exact) mass is 291 g/mol. The molecule has 0 aromatic heterocycles. The minimum absolute atomic E-state index is 0.125. The Hall–Kier alpha value is 0.268. The van der Waals surface area contributed by atoms with Crippen molar-refractivity contribution >= 4 is 21.0 Å². The standard InChI is InChI=1S/C6H7F4O2Si2.Ti/c7-3-1-5(9,11-13)6(10,12-14)2-4(3)8;/h1H,13-14H3;. The summed E-state index contributed by atoms with van der Waals surface area (Å²) in [5.74, 6) is -9.07. The molecule has 83 valence electrons. The second kappa shape index (κ2) is 4.26. The van der Waals surface area contributed by atoms with E-state index < -0.39 is 27.2 Å². The summed E-state index contributed by atoms with van der Waals surface area (Å²) in [6.07, 6.45) is 0.125. The van der Waals surface area contributed by atoms with Gasteiger partial charge in [0.05, 0.1) is 0 Å². The molecule has 15 heavy (non-hydrogen) atoms.